The van der Waals surface area contributed by atoms with Gasteiger partial charge in [-0.2, -0.15) is 0 Å². The normalized spacial score (nSPS) is 14.6. The van der Waals surface area contributed by atoms with E-state index in [9.17, 15) is 24.1 Å². The van der Waals surface area contributed by atoms with Crippen molar-refractivity contribution in [3.05, 3.63) is 129 Å². The number of esters is 1. The zero-order valence-corrected chi connectivity index (χ0v) is 26.1. The summed E-state index contributed by atoms with van der Waals surface area (Å²) in [6, 6.07) is 14.3. The second kappa shape index (κ2) is 12.9. The Labute approximate surface area is 262 Å². The molecule has 2 heterocycles. The molecule has 4 aromatic rings. The molecule has 0 spiro atoms. The Morgan fingerprint density at radius 2 is 1.89 bits per heavy atom. The van der Waals surface area contributed by atoms with Crippen LogP contribution in [0.3, 0.4) is 0 Å². The Bertz CT molecular complexity index is 1970. The molecule has 13 heteroatoms. The number of thiazole rings is 1. The van der Waals surface area contributed by atoms with E-state index in [1.165, 1.54) is 48.1 Å². The maximum atomic E-state index is 13.9. The largest absolute Gasteiger partial charge is 0.493 e. The highest BCUT2D eigenvalue weighted by Crippen LogP contribution is 2.37. The summed E-state index contributed by atoms with van der Waals surface area (Å²) in [4.78, 5) is 42.3. The molecule has 10 nitrogen and oxygen atoms in total. The first-order chi connectivity index (χ1) is 21.1. The Kier molecular flexibility index (Phi) is 9.06. The molecule has 1 atom stereocenters. The number of carbonyl (C=O) groups is 1. The summed E-state index contributed by atoms with van der Waals surface area (Å²) in [5.41, 5.74) is 2.10. The molecule has 3 aromatic carbocycles. The Balaban J connectivity index is 1.53. The number of fused-ring (bicyclic) bond motifs is 1. The lowest BCUT2D eigenvalue weighted by Crippen LogP contribution is -2.39. The average molecular weight is 683 g/mol. The van der Waals surface area contributed by atoms with Crippen molar-refractivity contribution >= 4 is 45.0 Å². The van der Waals surface area contributed by atoms with E-state index in [-0.39, 0.29) is 30.0 Å². The van der Waals surface area contributed by atoms with Crippen LogP contribution in [0.1, 0.15) is 36.6 Å². The van der Waals surface area contributed by atoms with E-state index >= 15 is 0 Å². The number of hydrogen-bond acceptors (Lipinski definition) is 9. The molecule has 44 heavy (non-hydrogen) atoms. The van der Waals surface area contributed by atoms with E-state index in [1.54, 1.807) is 44.2 Å². The van der Waals surface area contributed by atoms with Crippen LogP contribution in [0, 0.1) is 15.9 Å². The molecule has 0 fully saturated rings. The van der Waals surface area contributed by atoms with Crippen LogP contribution in [-0.2, 0) is 16.1 Å². The van der Waals surface area contributed by atoms with Gasteiger partial charge in [0.05, 0.1) is 45.0 Å². The summed E-state index contributed by atoms with van der Waals surface area (Å²) < 4.78 is 32.9. The molecule has 0 amide bonds. The Morgan fingerprint density at radius 3 is 2.52 bits per heavy atom. The molecule has 0 saturated carbocycles. The quantitative estimate of drug-likeness (QED) is 0.135. The number of nitrogens with zero attached hydrogens (tertiary/aromatic N) is 3. The van der Waals surface area contributed by atoms with Crippen molar-refractivity contribution in [3.63, 3.8) is 0 Å². The minimum Gasteiger partial charge on any atom is -0.493 e. The lowest BCUT2D eigenvalue weighted by Gasteiger charge is -2.24. The molecule has 5 rings (SSSR count). The molecule has 1 aromatic heterocycles. The highest BCUT2D eigenvalue weighted by Gasteiger charge is 2.33. The number of nitro benzene ring substituents is 1. The molecule has 0 unspecified atom stereocenters. The number of non-ortho nitro benzene ring substituents is 1. The third-order valence-corrected chi connectivity index (χ3v) is 8.35. The second-order valence-corrected chi connectivity index (χ2v) is 11.5. The maximum absolute atomic E-state index is 13.9. The van der Waals surface area contributed by atoms with E-state index < -0.39 is 22.8 Å². The lowest BCUT2D eigenvalue weighted by atomic mass is 9.96. The van der Waals surface area contributed by atoms with Crippen LogP contribution >= 0.6 is 27.3 Å². The van der Waals surface area contributed by atoms with Crippen LogP contribution in [0.15, 0.2) is 86.2 Å². The van der Waals surface area contributed by atoms with E-state index in [4.69, 9.17) is 14.2 Å². The standard InChI is InChI=1S/C31H25BrFN3O7S/c1-4-42-30(38)26-17(2)34-31-35(27(26)20-7-9-21(33)10-8-20)29(37)25(44-31)15-19-13-23(32)28(24(14-19)41-3)43-16-18-5-11-22(12-6-18)36(39)40/h5-15,27H,4,16H2,1-3H3/b25-15-/t27-/m1/s1. The minimum absolute atomic E-state index is 0.0154. The summed E-state index contributed by atoms with van der Waals surface area (Å²) in [5, 5.41) is 10.9. The summed E-state index contributed by atoms with van der Waals surface area (Å²) in [6.07, 6.45) is 1.68. The van der Waals surface area contributed by atoms with Gasteiger partial charge in [0, 0.05) is 12.1 Å². The first-order valence-electron chi connectivity index (χ1n) is 13.3. The van der Waals surface area contributed by atoms with Gasteiger partial charge >= 0.3 is 5.97 Å². The van der Waals surface area contributed by atoms with Gasteiger partial charge in [-0.15, -0.1) is 0 Å². The number of halogens is 2. The molecular formula is C31H25BrFN3O7S. The van der Waals surface area contributed by atoms with Gasteiger partial charge in [-0.05, 0) is 88.9 Å². The highest BCUT2D eigenvalue weighted by molar-refractivity contribution is 9.10. The summed E-state index contributed by atoms with van der Waals surface area (Å²) in [6.45, 7) is 3.64. The number of hydrogen-bond donors (Lipinski definition) is 0. The molecule has 0 N–H and O–H groups in total. The highest BCUT2D eigenvalue weighted by atomic mass is 79.9. The second-order valence-electron chi connectivity index (χ2n) is 9.60. The lowest BCUT2D eigenvalue weighted by molar-refractivity contribution is -0.384. The monoisotopic (exact) mass is 681 g/mol. The number of ether oxygens (including phenoxy) is 3. The van der Waals surface area contributed by atoms with Crippen molar-refractivity contribution in [1.82, 2.24) is 4.57 Å². The summed E-state index contributed by atoms with van der Waals surface area (Å²) in [5.74, 6) is -0.241. The van der Waals surface area contributed by atoms with Crippen LogP contribution in [0.4, 0.5) is 10.1 Å². The summed E-state index contributed by atoms with van der Waals surface area (Å²) in [7, 11) is 1.49. The fourth-order valence-electron chi connectivity index (χ4n) is 4.74. The molecule has 226 valence electrons. The number of nitro groups is 1. The van der Waals surface area contributed by atoms with Crippen LogP contribution in [-0.4, -0.2) is 29.2 Å². The third kappa shape index (κ3) is 6.19. The topological polar surface area (TPSA) is 122 Å². The fourth-order valence-corrected chi connectivity index (χ4v) is 6.36. The van der Waals surface area contributed by atoms with E-state index in [0.29, 0.717) is 42.1 Å². The van der Waals surface area contributed by atoms with Crippen LogP contribution in [0.5, 0.6) is 11.5 Å². The Morgan fingerprint density at radius 1 is 1.18 bits per heavy atom. The molecule has 0 radical (unpaired) electrons. The molecule has 0 aliphatic carbocycles. The van der Waals surface area contributed by atoms with Gasteiger partial charge in [0.2, 0.25) is 0 Å². The van der Waals surface area contributed by atoms with Crippen LogP contribution < -0.4 is 24.4 Å². The zero-order valence-electron chi connectivity index (χ0n) is 23.7. The maximum Gasteiger partial charge on any atom is 0.338 e. The molecule has 1 aliphatic rings. The smallest absolute Gasteiger partial charge is 0.338 e. The molecular weight excluding hydrogens is 657 g/mol. The summed E-state index contributed by atoms with van der Waals surface area (Å²) >= 11 is 4.68. The fraction of sp³-hybridized carbons (Fsp3) is 0.194. The van der Waals surface area contributed by atoms with Gasteiger partial charge in [0.1, 0.15) is 12.4 Å². The van der Waals surface area contributed by atoms with Crippen molar-refractivity contribution in [2.75, 3.05) is 13.7 Å². The number of aromatic nitrogens is 1. The van der Waals surface area contributed by atoms with Crippen molar-refractivity contribution in [2.45, 2.75) is 26.5 Å². The molecule has 0 saturated heterocycles. The van der Waals surface area contributed by atoms with Crippen molar-refractivity contribution in [1.29, 1.82) is 0 Å². The van der Waals surface area contributed by atoms with Gasteiger partial charge in [0.15, 0.2) is 16.3 Å². The minimum atomic E-state index is -0.857. The van der Waals surface area contributed by atoms with Crippen molar-refractivity contribution in [3.8, 4) is 11.5 Å². The van der Waals surface area contributed by atoms with Crippen molar-refractivity contribution < 1.29 is 28.3 Å². The van der Waals surface area contributed by atoms with Gasteiger partial charge < -0.3 is 14.2 Å². The van der Waals surface area contributed by atoms with E-state index in [0.717, 1.165) is 16.9 Å². The number of methoxy groups -OCH3 is 1. The molecule has 1 aliphatic heterocycles. The number of benzene rings is 3. The number of rotatable bonds is 9. The Hall–Kier alpha value is -4.62. The predicted octanol–water partition coefficient (Wildman–Crippen LogP) is 5.20. The van der Waals surface area contributed by atoms with Crippen LogP contribution in [0.25, 0.3) is 6.08 Å². The number of carbonyl (C=O) groups excluding carboxylic acids is 1. The van der Waals surface area contributed by atoms with E-state index in [2.05, 4.69) is 20.9 Å². The average Bonchev–Trinajstić information content (AvgIpc) is 3.30. The van der Waals surface area contributed by atoms with Crippen LogP contribution in [0.2, 0.25) is 0 Å². The molecule has 0 bridgehead atoms. The van der Waals surface area contributed by atoms with Gasteiger partial charge in [-0.3, -0.25) is 19.5 Å². The van der Waals surface area contributed by atoms with E-state index in [1.807, 2.05) is 0 Å². The van der Waals surface area contributed by atoms with Gasteiger partial charge in [-0.1, -0.05) is 23.5 Å². The van der Waals surface area contributed by atoms with Gasteiger partial charge in [-0.25, -0.2) is 14.2 Å². The predicted molar refractivity (Wildman–Crippen MR) is 165 cm³/mol. The van der Waals surface area contributed by atoms with Crippen molar-refractivity contribution in [2.24, 2.45) is 4.99 Å². The first kappa shape index (κ1) is 30.8. The SMILES string of the molecule is CCOC(=O)C1=C(C)N=c2s/c(=C\c3cc(Br)c(OCc4ccc([N+](=O)[O-])cc4)c(OC)c3)c(=O)n2[C@@H]1c1ccc(F)cc1. The van der Waals surface area contributed by atoms with Gasteiger partial charge in [0.25, 0.3) is 11.2 Å². The third-order valence-electron chi connectivity index (χ3n) is 6.78. The zero-order chi connectivity index (χ0) is 31.5. The number of allylic oxidation sites excluding steroid dienone is 1. The first-order valence-corrected chi connectivity index (χ1v) is 14.9.